The summed E-state index contributed by atoms with van der Waals surface area (Å²) in [7, 11) is 1.61. The van der Waals surface area contributed by atoms with Gasteiger partial charge in [-0.2, -0.15) is 4.89 Å². The molecule has 1 aromatic rings. The molecule has 0 heterocycles. The number of carbonyl (C=O) groups excluding carboxylic acids is 1. The van der Waals surface area contributed by atoms with Gasteiger partial charge < -0.3 is 9.47 Å². The molecule has 0 aromatic heterocycles. The predicted molar refractivity (Wildman–Crippen MR) is 78.7 cm³/mol. The molecule has 1 unspecified atom stereocenters. The van der Waals surface area contributed by atoms with E-state index >= 15 is 0 Å². The fraction of sp³-hybridized carbons (Fsp3) is 0.500. The average molecular weight is 295 g/mol. The van der Waals surface area contributed by atoms with E-state index in [2.05, 4.69) is 11.8 Å². The molecule has 0 fully saturated rings. The molecule has 0 bridgehead atoms. The van der Waals surface area contributed by atoms with Gasteiger partial charge in [0.25, 0.3) is 0 Å². The lowest BCUT2D eigenvalue weighted by Crippen LogP contribution is -2.09. The third kappa shape index (κ3) is 7.11. The van der Waals surface area contributed by atoms with E-state index < -0.39 is 5.97 Å². The Morgan fingerprint density at radius 1 is 1.29 bits per heavy atom. The second kappa shape index (κ2) is 10.2. The highest BCUT2D eigenvalue weighted by molar-refractivity contribution is 5.89. The highest BCUT2D eigenvalue weighted by Crippen LogP contribution is 2.14. The molecule has 1 aromatic carbocycles. The first-order valence-electron chi connectivity index (χ1n) is 7.12. The number of hydrogen-bond acceptors (Lipinski definition) is 5. The van der Waals surface area contributed by atoms with Crippen molar-refractivity contribution in [2.75, 3.05) is 13.7 Å². The Hall–Kier alpha value is -1.59. The highest BCUT2D eigenvalue weighted by atomic mass is 17.2. The van der Waals surface area contributed by atoms with Crippen molar-refractivity contribution in [3.8, 4) is 5.75 Å². The molecule has 1 rings (SSSR count). The zero-order valence-corrected chi connectivity index (χ0v) is 12.8. The van der Waals surface area contributed by atoms with Gasteiger partial charge in [0.05, 0.1) is 18.3 Å². The molecule has 1 atom stereocenters. The first-order valence-corrected chi connectivity index (χ1v) is 7.12. The van der Waals surface area contributed by atoms with Crippen LogP contribution in [-0.2, 0) is 14.5 Å². The van der Waals surface area contributed by atoms with Crippen molar-refractivity contribution in [2.45, 2.75) is 39.2 Å². The van der Waals surface area contributed by atoms with Gasteiger partial charge in [0.15, 0.2) is 0 Å². The van der Waals surface area contributed by atoms with E-state index in [0.29, 0.717) is 18.6 Å². The monoisotopic (exact) mass is 295 g/mol. The lowest BCUT2D eigenvalue weighted by molar-refractivity contribution is -0.215. The summed E-state index contributed by atoms with van der Waals surface area (Å²) in [5.41, 5.74) is 0.408. The minimum atomic E-state index is -0.545. The SMILES string of the molecule is CCCCOc1ccc(C(=O)OO[CH]CC(C)OC)cc1. The van der Waals surface area contributed by atoms with E-state index in [1.807, 2.05) is 6.92 Å². The fourth-order valence-electron chi connectivity index (χ4n) is 1.42. The summed E-state index contributed by atoms with van der Waals surface area (Å²) in [6, 6.07) is 6.77. The normalized spacial score (nSPS) is 12.0. The molecular weight excluding hydrogens is 272 g/mol. The lowest BCUT2D eigenvalue weighted by atomic mass is 10.2. The number of rotatable bonds is 10. The van der Waals surface area contributed by atoms with Crippen LogP contribution in [0.4, 0.5) is 0 Å². The molecule has 21 heavy (non-hydrogen) atoms. The second-order valence-electron chi connectivity index (χ2n) is 4.64. The molecule has 0 aliphatic rings. The summed E-state index contributed by atoms with van der Waals surface area (Å²) in [4.78, 5) is 21.1. The second-order valence-corrected chi connectivity index (χ2v) is 4.64. The van der Waals surface area contributed by atoms with Gasteiger partial charge in [-0.1, -0.05) is 13.3 Å². The van der Waals surface area contributed by atoms with Gasteiger partial charge >= 0.3 is 5.97 Å². The minimum Gasteiger partial charge on any atom is -0.494 e. The molecule has 117 valence electrons. The van der Waals surface area contributed by atoms with E-state index in [1.54, 1.807) is 31.4 Å². The number of methoxy groups -OCH3 is 1. The van der Waals surface area contributed by atoms with Crippen LogP contribution in [0.3, 0.4) is 0 Å². The largest absolute Gasteiger partial charge is 0.494 e. The Labute approximate surface area is 126 Å². The molecule has 5 nitrogen and oxygen atoms in total. The zero-order chi connectivity index (χ0) is 15.5. The standard InChI is InChI=1S/C16H23O5/c1-4-5-11-19-15-8-6-14(7-9-15)16(17)21-20-12-10-13(2)18-3/h6-9,12-13H,4-5,10-11H2,1-3H3. The maximum atomic E-state index is 11.7. The highest BCUT2D eigenvalue weighted by Gasteiger charge is 2.09. The molecule has 5 heteroatoms. The Kier molecular flexibility index (Phi) is 8.47. The molecular formula is C16H23O5. The number of benzene rings is 1. The van der Waals surface area contributed by atoms with Gasteiger partial charge in [-0.15, -0.1) is 0 Å². The molecule has 0 saturated carbocycles. The van der Waals surface area contributed by atoms with Gasteiger partial charge in [-0.05, 0) is 37.6 Å². The maximum Gasteiger partial charge on any atom is 0.373 e. The van der Waals surface area contributed by atoms with Crippen LogP contribution < -0.4 is 4.74 Å². The Morgan fingerprint density at radius 3 is 2.62 bits per heavy atom. The summed E-state index contributed by atoms with van der Waals surface area (Å²) >= 11 is 0. The average Bonchev–Trinajstić information content (AvgIpc) is 2.52. The van der Waals surface area contributed by atoms with Gasteiger partial charge in [0.1, 0.15) is 12.4 Å². The summed E-state index contributed by atoms with van der Waals surface area (Å²) in [5.74, 6) is 0.192. The molecule has 0 saturated heterocycles. The summed E-state index contributed by atoms with van der Waals surface area (Å²) in [5, 5.41) is 0. The Bertz CT molecular complexity index is 402. The zero-order valence-electron chi connectivity index (χ0n) is 12.8. The van der Waals surface area contributed by atoms with E-state index in [4.69, 9.17) is 14.4 Å². The first kappa shape index (κ1) is 17.5. The van der Waals surface area contributed by atoms with Crippen molar-refractivity contribution in [2.24, 2.45) is 0 Å². The van der Waals surface area contributed by atoms with E-state index in [1.165, 1.54) is 6.61 Å². The smallest absolute Gasteiger partial charge is 0.373 e. The van der Waals surface area contributed by atoms with Crippen LogP contribution in [0.1, 0.15) is 43.5 Å². The van der Waals surface area contributed by atoms with Crippen LogP contribution >= 0.6 is 0 Å². The lowest BCUT2D eigenvalue weighted by Gasteiger charge is -2.08. The topological polar surface area (TPSA) is 54.0 Å². The van der Waals surface area contributed by atoms with Gasteiger partial charge in [-0.3, -0.25) is 4.89 Å². The third-order valence-electron chi connectivity index (χ3n) is 2.88. The minimum absolute atomic E-state index is 0.0169. The molecule has 0 N–H and O–H groups in total. The van der Waals surface area contributed by atoms with Crippen molar-refractivity contribution in [3.63, 3.8) is 0 Å². The van der Waals surface area contributed by atoms with E-state index in [-0.39, 0.29) is 6.10 Å². The quantitative estimate of drug-likeness (QED) is 0.375. The van der Waals surface area contributed by atoms with Gasteiger partial charge in [0.2, 0.25) is 0 Å². The molecule has 0 aliphatic carbocycles. The Balaban J connectivity index is 2.30. The van der Waals surface area contributed by atoms with E-state index in [9.17, 15) is 4.79 Å². The number of unbranched alkanes of at least 4 members (excludes halogenated alkanes) is 1. The number of carbonyl (C=O) groups is 1. The number of ether oxygens (including phenoxy) is 2. The van der Waals surface area contributed by atoms with Crippen molar-refractivity contribution in [1.29, 1.82) is 0 Å². The van der Waals surface area contributed by atoms with Crippen LogP contribution in [0.5, 0.6) is 5.75 Å². The molecule has 1 radical (unpaired) electrons. The van der Waals surface area contributed by atoms with Crippen LogP contribution in [0.15, 0.2) is 24.3 Å². The van der Waals surface area contributed by atoms with Gasteiger partial charge in [-0.25, -0.2) is 4.79 Å². The van der Waals surface area contributed by atoms with Crippen molar-refractivity contribution >= 4 is 5.97 Å². The summed E-state index contributed by atoms with van der Waals surface area (Å²) in [6.45, 7) is 6.07. The van der Waals surface area contributed by atoms with Crippen molar-refractivity contribution in [3.05, 3.63) is 36.4 Å². The van der Waals surface area contributed by atoms with E-state index in [0.717, 1.165) is 18.6 Å². The summed E-state index contributed by atoms with van der Waals surface area (Å²) in [6.07, 6.45) is 2.64. The third-order valence-corrected chi connectivity index (χ3v) is 2.88. The first-order chi connectivity index (χ1) is 10.2. The molecule has 0 spiro atoms. The predicted octanol–water partition coefficient (Wildman–Crippen LogP) is 3.54. The fourth-order valence-corrected chi connectivity index (χ4v) is 1.42. The Morgan fingerprint density at radius 2 is 2.00 bits per heavy atom. The van der Waals surface area contributed by atoms with Crippen LogP contribution in [-0.4, -0.2) is 25.8 Å². The van der Waals surface area contributed by atoms with Crippen LogP contribution in [0.25, 0.3) is 0 Å². The molecule has 0 aliphatic heterocycles. The number of hydrogen-bond donors (Lipinski definition) is 0. The van der Waals surface area contributed by atoms with Crippen molar-refractivity contribution in [1.82, 2.24) is 0 Å². The van der Waals surface area contributed by atoms with Crippen LogP contribution in [0, 0.1) is 6.61 Å². The maximum absolute atomic E-state index is 11.7. The van der Waals surface area contributed by atoms with Crippen molar-refractivity contribution < 1.29 is 24.0 Å². The van der Waals surface area contributed by atoms with Crippen LogP contribution in [0.2, 0.25) is 0 Å². The molecule has 0 amide bonds. The summed E-state index contributed by atoms with van der Waals surface area (Å²) < 4.78 is 10.5. The van der Waals surface area contributed by atoms with Gasteiger partial charge in [0, 0.05) is 13.5 Å².